The van der Waals surface area contributed by atoms with E-state index in [1.807, 2.05) is 13.0 Å². The van der Waals surface area contributed by atoms with E-state index in [-0.39, 0.29) is 0 Å². The van der Waals surface area contributed by atoms with Crippen LogP contribution in [0.3, 0.4) is 0 Å². The Bertz CT molecular complexity index is 512. The number of nitrogens with zero attached hydrogens (tertiary/aromatic N) is 3. The Hall–Kier alpha value is -1.20. The van der Waals surface area contributed by atoms with Crippen LogP contribution in [0, 0.1) is 0 Å². The summed E-state index contributed by atoms with van der Waals surface area (Å²) in [5.41, 5.74) is 0.997. The van der Waals surface area contributed by atoms with E-state index in [1.54, 1.807) is 6.20 Å². The summed E-state index contributed by atoms with van der Waals surface area (Å²) in [5.74, 6) is 1.47. The maximum Gasteiger partial charge on any atom is 0.190 e. The molecule has 90 valence electrons. The predicted molar refractivity (Wildman–Crippen MR) is 71.7 cm³/mol. The second-order valence-corrected chi connectivity index (χ2v) is 5.08. The number of aryl methyl sites for hydroxylation is 1. The molecule has 0 aliphatic carbocycles. The lowest BCUT2D eigenvalue weighted by Crippen LogP contribution is -2.03. The van der Waals surface area contributed by atoms with Crippen molar-refractivity contribution < 1.29 is 0 Å². The molecule has 2 rings (SSSR count). The first-order valence-electron chi connectivity index (χ1n) is 5.46. The maximum atomic E-state index is 5.87. The molecule has 0 aliphatic rings. The number of hydrogen-bond donors (Lipinski definition) is 1. The van der Waals surface area contributed by atoms with Gasteiger partial charge in [0.05, 0.1) is 6.20 Å². The average molecular weight is 269 g/mol. The standard InChI is InChI=1S/C11H13ClN4S/c1-3-7-5-9(13-4-2)16-10(15-7)11-14-6-8(12)17-11/h5-6H,3-4H2,1-2H3,(H,13,15,16). The number of aromatic nitrogens is 3. The topological polar surface area (TPSA) is 50.7 Å². The first-order valence-corrected chi connectivity index (χ1v) is 6.66. The number of nitrogens with one attached hydrogen (secondary N) is 1. The monoisotopic (exact) mass is 268 g/mol. The van der Waals surface area contributed by atoms with Crippen molar-refractivity contribution in [1.82, 2.24) is 15.0 Å². The van der Waals surface area contributed by atoms with Crippen LogP contribution >= 0.6 is 22.9 Å². The van der Waals surface area contributed by atoms with E-state index in [9.17, 15) is 0 Å². The van der Waals surface area contributed by atoms with Gasteiger partial charge < -0.3 is 5.32 Å². The fourth-order valence-electron chi connectivity index (χ4n) is 1.40. The fourth-order valence-corrected chi connectivity index (χ4v) is 2.25. The lowest BCUT2D eigenvalue weighted by Gasteiger charge is -2.06. The van der Waals surface area contributed by atoms with Gasteiger partial charge in [0, 0.05) is 18.3 Å². The van der Waals surface area contributed by atoms with Gasteiger partial charge in [-0.25, -0.2) is 15.0 Å². The quantitative estimate of drug-likeness (QED) is 0.925. The summed E-state index contributed by atoms with van der Waals surface area (Å²) in [4.78, 5) is 13.1. The highest BCUT2D eigenvalue weighted by Gasteiger charge is 2.09. The normalized spacial score (nSPS) is 10.5. The Balaban J connectivity index is 2.42. The molecule has 0 saturated carbocycles. The minimum absolute atomic E-state index is 0.636. The smallest absolute Gasteiger partial charge is 0.190 e. The van der Waals surface area contributed by atoms with Gasteiger partial charge in [-0.1, -0.05) is 29.9 Å². The van der Waals surface area contributed by atoms with Crippen molar-refractivity contribution in [3.63, 3.8) is 0 Å². The van der Waals surface area contributed by atoms with Gasteiger partial charge >= 0.3 is 0 Å². The molecule has 6 heteroatoms. The van der Waals surface area contributed by atoms with Gasteiger partial charge in [0.1, 0.15) is 10.2 Å². The third-order valence-electron chi connectivity index (χ3n) is 2.17. The molecule has 0 spiro atoms. The molecule has 0 atom stereocenters. The minimum atomic E-state index is 0.636. The first-order chi connectivity index (χ1) is 8.22. The lowest BCUT2D eigenvalue weighted by atomic mass is 10.3. The molecule has 0 aliphatic heterocycles. The van der Waals surface area contributed by atoms with E-state index in [0.717, 1.165) is 29.5 Å². The van der Waals surface area contributed by atoms with Gasteiger partial charge in [0.2, 0.25) is 0 Å². The van der Waals surface area contributed by atoms with Crippen LogP contribution in [0.1, 0.15) is 19.5 Å². The molecule has 0 aromatic carbocycles. The average Bonchev–Trinajstić information content (AvgIpc) is 2.76. The molecular formula is C11H13ClN4S. The Morgan fingerprint density at radius 3 is 2.76 bits per heavy atom. The SMILES string of the molecule is CCNc1cc(CC)nc(-c2ncc(Cl)s2)n1. The molecule has 2 aromatic heterocycles. The van der Waals surface area contributed by atoms with Crippen LogP contribution in [0.15, 0.2) is 12.3 Å². The number of rotatable bonds is 4. The predicted octanol–water partition coefficient (Wildman–Crippen LogP) is 3.25. The Kier molecular flexibility index (Phi) is 3.91. The Labute approximate surface area is 109 Å². The van der Waals surface area contributed by atoms with Gasteiger partial charge in [0.15, 0.2) is 10.8 Å². The van der Waals surface area contributed by atoms with Crippen LogP contribution in [0.25, 0.3) is 10.8 Å². The first kappa shape index (κ1) is 12.3. The second kappa shape index (κ2) is 5.42. The molecule has 17 heavy (non-hydrogen) atoms. The molecular weight excluding hydrogens is 256 g/mol. The summed E-state index contributed by atoms with van der Waals surface area (Å²) < 4.78 is 0.649. The highest BCUT2D eigenvalue weighted by atomic mass is 35.5. The zero-order chi connectivity index (χ0) is 12.3. The Morgan fingerprint density at radius 1 is 1.35 bits per heavy atom. The van der Waals surface area contributed by atoms with Crippen LogP contribution in [0.2, 0.25) is 4.34 Å². The van der Waals surface area contributed by atoms with E-state index < -0.39 is 0 Å². The molecule has 0 fully saturated rings. The zero-order valence-electron chi connectivity index (χ0n) is 9.70. The van der Waals surface area contributed by atoms with Crippen molar-refractivity contribution in [3.8, 4) is 10.8 Å². The van der Waals surface area contributed by atoms with Gasteiger partial charge in [-0.15, -0.1) is 0 Å². The second-order valence-electron chi connectivity index (χ2n) is 3.42. The molecule has 0 unspecified atom stereocenters. The van der Waals surface area contributed by atoms with Crippen LogP contribution in [-0.4, -0.2) is 21.5 Å². The highest BCUT2D eigenvalue weighted by molar-refractivity contribution is 7.18. The summed E-state index contributed by atoms with van der Waals surface area (Å²) in [5, 5.41) is 3.95. The number of thiazole rings is 1. The molecule has 0 saturated heterocycles. The lowest BCUT2D eigenvalue weighted by molar-refractivity contribution is 0.996. The summed E-state index contributed by atoms with van der Waals surface area (Å²) in [6.45, 7) is 4.93. The van der Waals surface area contributed by atoms with Crippen molar-refractivity contribution in [2.75, 3.05) is 11.9 Å². The fraction of sp³-hybridized carbons (Fsp3) is 0.364. The summed E-state index contributed by atoms with van der Waals surface area (Å²) >= 11 is 7.26. The van der Waals surface area contributed by atoms with Gasteiger partial charge in [0.25, 0.3) is 0 Å². The zero-order valence-corrected chi connectivity index (χ0v) is 11.3. The van der Waals surface area contributed by atoms with Crippen LogP contribution in [0.4, 0.5) is 5.82 Å². The van der Waals surface area contributed by atoms with Crippen LogP contribution in [0.5, 0.6) is 0 Å². The van der Waals surface area contributed by atoms with E-state index >= 15 is 0 Å². The van der Waals surface area contributed by atoms with Crippen molar-refractivity contribution in [2.45, 2.75) is 20.3 Å². The van der Waals surface area contributed by atoms with E-state index in [0.29, 0.717) is 10.2 Å². The summed E-state index contributed by atoms with van der Waals surface area (Å²) in [7, 11) is 0. The molecule has 2 heterocycles. The van der Waals surface area contributed by atoms with E-state index in [4.69, 9.17) is 11.6 Å². The molecule has 0 bridgehead atoms. The summed E-state index contributed by atoms with van der Waals surface area (Å²) in [6.07, 6.45) is 2.49. The van der Waals surface area contributed by atoms with Crippen LogP contribution in [-0.2, 0) is 6.42 Å². The van der Waals surface area contributed by atoms with Crippen LogP contribution < -0.4 is 5.32 Å². The van der Waals surface area contributed by atoms with Crippen molar-refractivity contribution in [2.24, 2.45) is 0 Å². The number of hydrogen-bond acceptors (Lipinski definition) is 5. The molecule has 0 amide bonds. The molecule has 4 nitrogen and oxygen atoms in total. The van der Waals surface area contributed by atoms with Crippen molar-refractivity contribution in [1.29, 1.82) is 0 Å². The largest absolute Gasteiger partial charge is 0.370 e. The van der Waals surface area contributed by atoms with E-state index in [2.05, 4.69) is 27.2 Å². The molecule has 2 aromatic rings. The number of anilines is 1. The van der Waals surface area contributed by atoms with Crippen molar-refractivity contribution >= 4 is 28.8 Å². The van der Waals surface area contributed by atoms with Crippen molar-refractivity contribution in [3.05, 3.63) is 22.3 Å². The van der Waals surface area contributed by atoms with Gasteiger partial charge in [-0.3, -0.25) is 0 Å². The minimum Gasteiger partial charge on any atom is -0.370 e. The third-order valence-corrected chi connectivity index (χ3v) is 3.28. The third kappa shape index (κ3) is 2.92. The Morgan fingerprint density at radius 2 is 2.18 bits per heavy atom. The summed E-state index contributed by atoms with van der Waals surface area (Å²) in [6, 6.07) is 1.96. The molecule has 1 N–H and O–H groups in total. The highest BCUT2D eigenvalue weighted by Crippen LogP contribution is 2.26. The maximum absolute atomic E-state index is 5.87. The van der Waals surface area contributed by atoms with Gasteiger partial charge in [-0.05, 0) is 13.3 Å². The molecule has 0 radical (unpaired) electrons. The van der Waals surface area contributed by atoms with Gasteiger partial charge in [-0.2, -0.15) is 0 Å². The number of halogens is 1. The van der Waals surface area contributed by atoms with E-state index in [1.165, 1.54) is 11.3 Å².